The number of nitrogens with zero attached hydrogens (tertiary/aromatic N) is 3. The molecule has 2 aromatic carbocycles. The first-order valence-corrected chi connectivity index (χ1v) is 10.4. The summed E-state index contributed by atoms with van der Waals surface area (Å²) in [4.78, 5) is 13.0. The molecule has 1 aromatic heterocycles. The Balaban J connectivity index is 1.58. The summed E-state index contributed by atoms with van der Waals surface area (Å²) < 4.78 is 7.07. The van der Waals surface area contributed by atoms with E-state index < -0.39 is 0 Å². The monoisotopic (exact) mass is 428 g/mol. The minimum absolute atomic E-state index is 0.0294. The van der Waals surface area contributed by atoms with Gasteiger partial charge in [0.1, 0.15) is 0 Å². The highest BCUT2D eigenvalue weighted by Crippen LogP contribution is 2.27. The Morgan fingerprint density at radius 2 is 2.12 bits per heavy atom. The van der Waals surface area contributed by atoms with Crippen molar-refractivity contribution in [2.75, 3.05) is 23.8 Å². The minimum Gasteiger partial charge on any atom is -0.377 e. The summed E-state index contributed by atoms with van der Waals surface area (Å²) in [7, 11) is 0. The number of carbonyl (C=O) groups is 1. The third kappa shape index (κ3) is 4.24. The van der Waals surface area contributed by atoms with E-state index in [9.17, 15) is 10.1 Å². The van der Waals surface area contributed by atoms with Crippen molar-refractivity contribution in [3.63, 3.8) is 0 Å². The van der Waals surface area contributed by atoms with Gasteiger partial charge in [-0.1, -0.05) is 19.9 Å². The van der Waals surface area contributed by atoms with Crippen LogP contribution >= 0.6 is 0 Å². The molecule has 32 heavy (non-hydrogen) atoms. The molecule has 0 unspecified atom stereocenters. The number of hydrogen-bond acceptors (Lipinski definition) is 6. The van der Waals surface area contributed by atoms with E-state index in [4.69, 9.17) is 10.1 Å². The van der Waals surface area contributed by atoms with Crippen molar-refractivity contribution in [3.8, 4) is 6.07 Å². The second-order valence-corrected chi connectivity index (χ2v) is 7.96. The van der Waals surface area contributed by atoms with Crippen LogP contribution in [0, 0.1) is 16.7 Å². The summed E-state index contributed by atoms with van der Waals surface area (Å²) in [6.45, 7) is 5.23. The number of nitriles is 1. The molecule has 1 saturated heterocycles. The lowest BCUT2D eigenvalue weighted by molar-refractivity contribution is -0.0286. The Bertz CT molecular complexity index is 1200. The summed E-state index contributed by atoms with van der Waals surface area (Å²) in [5.74, 6) is -0.251. The van der Waals surface area contributed by atoms with E-state index in [2.05, 4.69) is 21.8 Å². The Morgan fingerprint density at radius 3 is 2.78 bits per heavy atom. The van der Waals surface area contributed by atoms with Crippen LogP contribution in [0.15, 0.2) is 48.8 Å². The van der Waals surface area contributed by atoms with Crippen LogP contribution in [-0.2, 0) is 4.74 Å². The lowest BCUT2D eigenvalue weighted by Gasteiger charge is -2.25. The third-order valence-corrected chi connectivity index (χ3v) is 5.39. The van der Waals surface area contributed by atoms with Crippen molar-refractivity contribution >= 4 is 29.2 Å². The zero-order valence-electron chi connectivity index (χ0n) is 17.9. The molecule has 0 bridgehead atoms. The highest BCUT2D eigenvalue weighted by molar-refractivity contribution is 6.06. The first-order chi connectivity index (χ1) is 15.5. The van der Waals surface area contributed by atoms with Gasteiger partial charge in [-0.05, 0) is 41.8 Å². The predicted molar refractivity (Wildman–Crippen MR) is 123 cm³/mol. The van der Waals surface area contributed by atoms with Gasteiger partial charge in [-0.2, -0.15) is 10.4 Å². The number of anilines is 3. The van der Waals surface area contributed by atoms with Gasteiger partial charge in [0.25, 0.3) is 5.91 Å². The summed E-state index contributed by atoms with van der Waals surface area (Å²) in [5.41, 5.74) is 4.44. The SMILES string of the molecule is CC(C)c1c(C#N)cccc1C(=O)Nc1ccc(C=N)c(Nc2cnn(C3COC3)c2)c1. The number of amides is 1. The highest BCUT2D eigenvalue weighted by Gasteiger charge is 2.21. The van der Waals surface area contributed by atoms with Gasteiger partial charge in [0.05, 0.1) is 42.8 Å². The zero-order chi connectivity index (χ0) is 22.7. The molecule has 3 N–H and O–H groups in total. The van der Waals surface area contributed by atoms with Crippen molar-refractivity contribution in [2.45, 2.75) is 25.8 Å². The average Bonchev–Trinajstić information content (AvgIpc) is 3.19. The number of benzene rings is 2. The maximum Gasteiger partial charge on any atom is 0.255 e. The largest absolute Gasteiger partial charge is 0.377 e. The first kappa shape index (κ1) is 21.3. The van der Waals surface area contributed by atoms with Crippen LogP contribution in [0.5, 0.6) is 0 Å². The lowest BCUT2D eigenvalue weighted by Crippen LogP contribution is -2.30. The molecule has 0 spiro atoms. The van der Waals surface area contributed by atoms with Crippen molar-refractivity contribution in [1.82, 2.24) is 9.78 Å². The van der Waals surface area contributed by atoms with Crippen molar-refractivity contribution in [2.24, 2.45) is 0 Å². The van der Waals surface area contributed by atoms with Crippen LogP contribution in [0.1, 0.15) is 52.9 Å². The topological polar surface area (TPSA) is 116 Å². The lowest BCUT2D eigenvalue weighted by atomic mass is 9.92. The van der Waals surface area contributed by atoms with E-state index in [0.29, 0.717) is 41.3 Å². The van der Waals surface area contributed by atoms with Gasteiger partial charge in [0.2, 0.25) is 0 Å². The van der Waals surface area contributed by atoms with E-state index in [1.807, 2.05) is 24.7 Å². The van der Waals surface area contributed by atoms with Gasteiger partial charge in [-0.3, -0.25) is 9.48 Å². The first-order valence-electron chi connectivity index (χ1n) is 10.4. The molecule has 0 radical (unpaired) electrons. The fourth-order valence-corrected chi connectivity index (χ4v) is 3.68. The van der Waals surface area contributed by atoms with Gasteiger partial charge < -0.3 is 20.8 Å². The van der Waals surface area contributed by atoms with Gasteiger partial charge in [-0.15, -0.1) is 0 Å². The normalized spacial score (nSPS) is 13.3. The molecule has 1 amide bonds. The summed E-state index contributed by atoms with van der Waals surface area (Å²) in [6, 6.07) is 12.9. The second kappa shape index (κ2) is 9.04. The molecular formula is C24H24N6O2. The standard InChI is InChI=1S/C24H24N6O2/c1-15(2)23-17(10-26)4-3-5-21(23)24(31)29-18-7-6-16(9-25)22(8-18)28-19-11-27-30(12-19)20-13-32-14-20/h3-9,11-12,15,20,25,28H,13-14H2,1-2H3,(H,29,31). The van der Waals surface area contributed by atoms with Crippen molar-refractivity contribution < 1.29 is 9.53 Å². The predicted octanol–water partition coefficient (Wildman–Crippen LogP) is 4.44. The summed E-state index contributed by atoms with van der Waals surface area (Å²) in [5, 5.41) is 27.7. The number of nitrogens with one attached hydrogen (secondary N) is 3. The quantitative estimate of drug-likeness (QED) is 0.481. The molecule has 4 rings (SSSR count). The minimum atomic E-state index is -0.280. The number of hydrogen-bond donors (Lipinski definition) is 3. The fourth-order valence-electron chi connectivity index (χ4n) is 3.68. The Labute approximate surface area is 186 Å². The van der Waals surface area contributed by atoms with E-state index in [1.165, 1.54) is 6.21 Å². The molecule has 8 heteroatoms. The van der Waals surface area contributed by atoms with Crippen LogP contribution < -0.4 is 10.6 Å². The second-order valence-electron chi connectivity index (χ2n) is 7.96. The van der Waals surface area contributed by atoms with Gasteiger partial charge in [0.15, 0.2) is 0 Å². The fraction of sp³-hybridized carbons (Fsp3) is 0.250. The average molecular weight is 428 g/mol. The number of ether oxygens (including phenoxy) is 1. The Hall–Kier alpha value is -3.96. The maximum absolute atomic E-state index is 13.0. The van der Waals surface area contributed by atoms with E-state index in [1.54, 1.807) is 42.6 Å². The van der Waals surface area contributed by atoms with Crippen molar-refractivity contribution in [1.29, 1.82) is 10.7 Å². The molecule has 1 fully saturated rings. The van der Waals surface area contributed by atoms with Gasteiger partial charge in [-0.25, -0.2) is 0 Å². The molecule has 0 atom stereocenters. The summed E-state index contributed by atoms with van der Waals surface area (Å²) >= 11 is 0. The smallest absolute Gasteiger partial charge is 0.255 e. The molecule has 2 heterocycles. The number of rotatable bonds is 7. The van der Waals surface area contributed by atoms with E-state index in [-0.39, 0.29) is 17.9 Å². The van der Waals surface area contributed by atoms with E-state index in [0.717, 1.165) is 11.3 Å². The van der Waals surface area contributed by atoms with Gasteiger partial charge >= 0.3 is 0 Å². The zero-order valence-corrected chi connectivity index (χ0v) is 17.9. The third-order valence-electron chi connectivity index (χ3n) is 5.39. The number of carbonyl (C=O) groups excluding carboxylic acids is 1. The van der Waals surface area contributed by atoms with Crippen LogP contribution in [-0.4, -0.2) is 35.1 Å². The molecule has 1 aliphatic heterocycles. The molecule has 8 nitrogen and oxygen atoms in total. The molecule has 3 aromatic rings. The Kier molecular flexibility index (Phi) is 6.01. The van der Waals surface area contributed by atoms with Crippen molar-refractivity contribution in [3.05, 3.63) is 71.0 Å². The van der Waals surface area contributed by atoms with Crippen LogP contribution in [0.3, 0.4) is 0 Å². The summed E-state index contributed by atoms with van der Waals surface area (Å²) in [6.07, 6.45) is 4.87. The van der Waals surface area contributed by atoms with Gasteiger partial charge in [0, 0.05) is 34.9 Å². The maximum atomic E-state index is 13.0. The highest BCUT2D eigenvalue weighted by atomic mass is 16.5. The molecular weight excluding hydrogens is 404 g/mol. The Morgan fingerprint density at radius 1 is 1.31 bits per heavy atom. The van der Waals surface area contributed by atoms with Crippen LogP contribution in [0.4, 0.5) is 17.1 Å². The molecule has 0 aliphatic carbocycles. The molecule has 1 aliphatic rings. The van der Waals surface area contributed by atoms with Crippen LogP contribution in [0.25, 0.3) is 0 Å². The van der Waals surface area contributed by atoms with E-state index >= 15 is 0 Å². The van der Waals surface area contributed by atoms with Crippen LogP contribution in [0.2, 0.25) is 0 Å². The molecule has 0 saturated carbocycles. The molecule has 162 valence electrons. The number of aromatic nitrogens is 2.